The molecule has 0 fully saturated rings. The Bertz CT molecular complexity index is 808. The fourth-order valence-electron chi connectivity index (χ4n) is 1.97. The van der Waals surface area contributed by atoms with Gasteiger partial charge in [-0.2, -0.15) is 0 Å². The van der Waals surface area contributed by atoms with Crippen LogP contribution < -0.4 is 9.62 Å². The highest BCUT2D eigenvalue weighted by atomic mass is 32.2. The number of sulfonamides is 1. The van der Waals surface area contributed by atoms with Gasteiger partial charge in [-0.3, -0.25) is 9.10 Å². The van der Waals surface area contributed by atoms with Gasteiger partial charge in [0.05, 0.1) is 17.2 Å². The number of amides is 1. The maximum absolute atomic E-state index is 12.3. The van der Waals surface area contributed by atoms with E-state index in [-0.39, 0.29) is 11.2 Å². The van der Waals surface area contributed by atoms with Crippen molar-refractivity contribution in [2.75, 3.05) is 22.9 Å². The molecule has 5 nitrogen and oxygen atoms in total. The molecule has 0 saturated carbocycles. The molecule has 1 atom stereocenters. The molecule has 0 aromatic heterocycles. The van der Waals surface area contributed by atoms with Crippen LogP contribution in [0, 0.1) is 0 Å². The quantitative estimate of drug-likeness (QED) is 0.800. The predicted octanol–water partition coefficient (Wildman–Crippen LogP) is 3.20. The first-order chi connectivity index (χ1) is 11.3. The van der Waals surface area contributed by atoms with Gasteiger partial charge in [0.25, 0.3) is 0 Å². The lowest BCUT2D eigenvalue weighted by molar-refractivity contribution is -0.115. The molecule has 0 aliphatic rings. The van der Waals surface area contributed by atoms with Crippen molar-refractivity contribution in [1.82, 2.24) is 0 Å². The lowest BCUT2D eigenvalue weighted by Crippen LogP contribution is -2.25. The summed E-state index contributed by atoms with van der Waals surface area (Å²) in [6, 6.07) is 16.5. The Hall–Kier alpha value is -1.99. The second-order valence-corrected chi connectivity index (χ2v) is 8.77. The van der Waals surface area contributed by atoms with Crippen molar-refractivity contribution in [1.29, 1.82) is 0 Å². The fourth-order valence-corrected chi connectivity index (χ4v) is 3.36. The smallest absolute Gasteiger partial charge is 0.237 e. The number of thioether (sulfide) groups is 1. The molecule has 2 aromatic rings. The minimum atomic E-state index is -3.34. The maximum Gasteiger partial charge on any atom is 0.237 e. The first-order valence-electron chi connectivity index (χ1n) is 7.34. The second kappa shape index (κ2) is 7.72. The van der Waals surface area contributed by atoms with Crippen LogP contribution in [-0.2, 0) is 14.8 Å². The van der Waals surface area contributed by atoms with Crippen LogP contribution in [-0.4, -0.2) is 32.9 Å². The minimum absolute atomic E-state index is 0.136. The molecular formula is C17H20N2O3S2. The third-order valence-corrected chi connectivity index (χ3v) is 5.72. The molecule has 0 aliphatic heterocycles. The molecule has 0 bridgehead atoms. The second-order valence-electron chi connectivity index (χ2n) is 5.34. The normalized spacial score (nSPS) is 12.5. The van der Waals surface area contributed by atoms with E-state index in [0.717, 1.165) is 11.2 Å². The van der Waals surface area contributed by atoms with Crippen LogP contribution in [0.5, 0.6) is 0 Å². The van der Waals surface area contributed by atoms with E-state index in [2.05, 4.69) is 5.32 Å². The zero-order valence-corrected chi connectivity index (χ0v) is 15.4. The Morgan fingerprint density at radius 1 is 1.12 bits per heavy atom. The Morgan fingerprint density at radius 3 is 2.42 bits per heavy atom. The lowest BCUT2D eigenvalue weighted by Gasteiger charge is -2.18. The van der Waals surface area contributed by atoms with Gasteiger partial charge in [0.15, 0.2) is 0 Å². The molecule has 128 valence electrons. The molecule has 0 radical (unpaired) electrons. The molecule has 7 heteroatoms. The van der Waals surface area contributed by atoms with Gasteiger partial charge in [-0.05, 0) is 37.3 Å². The summed E-state index contributed by atoms with van der Waals surface area (Å²) in [5.74, 6) is -0.136. The standard InChI is InChI=1S/C17H20N2O3S2/c1-13(23-16-10-5-4-6-11-16)17(20)18-14-8-7-9-15(12-14)19(2)24(3,21)22/h4-13H,1-3H3,(H,18,20)/t13-/m0/s1. The van der Waals surface area contributed by atoms with Crippen LogP contribution >= 0.6 is 11.8 Å². The summed E-state index contributed by atoms with van der Waals surface area (Å²) in [5, 5.41) is 2.55. The van der Waals surface area contributed by atoms with E-state index >= 15 is 0 Å². The summed E-state index contributed by atoms with van der Waals surface area (Å²) in [7, 11) is -1.87. The Labute approximate surface area is 147 Å². The van der Waals surface area contributed by atoms with Crippen molar-refractivity contribution < 1.29 is 13.2 Å². The Kier molecular flexibility index (Phi) is 5.90. The average molecular weight is 364 g/mol. The van der Waals surface area contributed by atoms with Gasteiger partial charge in [-0.15, -0.1) is 11.8 Å². The highest BCUT2D eigenvalue weighted by Crippen LogP contribution is 2.25. The molecule has 0 unspecified atom stereocenters. The predicted molar refractivity (Wildman–Crippen MR) is 100 cm³/mol. The van der Waals surface area contributed by atoms with Crippen molar-refractivity contribution in [3.63, 3.8) is 0 Å². The van der Waals surface area contributed by atoms with Crippen molar-refractivity contribution >= 4 is 39.1 Å². The van der Waals surface area contributed by atoms with E-state index in [0.29, 0.717) is 11.4 Å². The number of hydrogen-bond donors (Lipinski definition) is 1. The molecule has 1 N–H and O–H groups in total. The van der Waals surface area contributed by atoms with Gasteiger partial charge in [-0.1, -0.05) is 24.3 Å². The molecule has 1 amide bonds. The number of carbonyl (C=O) groups excluding carboxylic acids is 1. The van der Waals surface area contributed by atoms with Crippen LogP contribution in [0.2, 0.25) is 0 Å². The number of nitrogens with one attached hydrogen (secondary N) is 1. The monoisotopic (exact) mass is 364 g/mol. The van der Waals surface area contributed by atoms with Crippen LogP contribution in [0.1, 0.15) is 6.92 Å². The SMILES string of the molecule is C[C@H](Sc1ccccc1)C(=O)Nc1cccc(N(C)S(C)(=O)=O)c1. The molecule has 0 aliphatic carbocycles. The summed E-state index contributed by atoms with van der Waals surface area (Å²) < 4.78 is 24.4. The Morgan fingerprint density at radius 2 is 1.79 bits per heavy atom. The van der Waals surface area contributed by atoms with Crippen LogP contribution in [0.3, 0.4) is 0 Å². The van der Waals surface area contributed by atoms with Gasteiger partial charge in [0, 0.05) is 17.6 Å². The van der Waals surface area contributed by atoms with Gasteiger partial charge in [0.2, 0.25) is 15.9 Å². The van der Waals surface area contributed by atoms with Crippen molar-refractivity contribution in [3.05, 3.63) is 54.6 Å². The molecule has 2 rings (SSSR count). The summed E-state index contributed by atoms with van der Waals surface area (Å²) >= 11 is 1.47. The highest BCUT2D eigenvalue weighted by Gasteiger charge is 2.16. The number of anilines is 2. The zero-order valence-electron chi connectivity index (χ0n) is 13.8. The number of hydrogen-bond acceptors (Lipinski definition) is 4. The number of benzene rings is 2. The minimum Gasteiger partial charge on any atom is -0.325 e. The maximum atomic E-state index is 12.3. The third-order valence-electron chi connectivity index (χ3n) is 3.40. The van der Waals surface area contributed by atoms with Crippen LogP contribution in [0.4, 0.5) is 11.4 Å². The zero-order chi connectivity index (χ0) is 17.7. The summed E-state index contributed by atoms with van der Waals surface area (Å²) in [4.78, 5) is 13.4. The largest absolute Gasteiger partial charge is 0.325 e. The van der Waals surface area contributed by atoms with Crippen LogP contribution in [0.25, 0.3) is 0 Å². The van der Waals surface area contributed by atoms with Crippen LogP contribution in [0.15, 0.2) is 59.5 Å². The fraction of sp³-hybridized carbons (Fsp3) is 0.235. The number of nitrogens with zero attached hydrogens (tertiary/aromatic N) is 1. The molecule has 0 heterocycles. The van der Waals surface area contributed by atoms with Gasteiger partial charge in [0.1, 0.15) is 0 Å². The highest BCUT2D eigenvalue weighted by molar-refractivity contribution is 8.00. The molecule has 0 spiro atoms. The van der Waals surface area contributed by atoms with Gasteiger partial charge >= 0.3 is 0 Å². The molecular weight excluding hydrogens is 344 g/mol. The molecule has 0 saturated heterocycles. The number of rotatable bonds is 6. The molecule has 2 aromatic carbocycles. The van der Waals surface area contributed by atoms with E-state index in [1.165, 1.54) is 23.1 Å². The van der Waals surface area contributed by atoms with E-state index < -0.39 is 10.0 Å². The number of carbonyl (C=O) groups is 1. The van der Waals surface area contributed by atoms with E-state index in [9.17, 15) is 13.2 Å². The van der Waals surface area contributed by atoms with Gasteiger partial charge < -0.3 is 5.32 Å². The van der Waals surface area contributed by atoms with Gasteiger partial charge in [-0.25, -0.2) is 8.42 Å². The first-order valence-corrected chi connectivity index (χ1v) is 10.1. The van der Waals surface area contributed by atoms with Crippen molar-refractivity contribution in [2.24, 2.45) is 0 Å². The third kappa shape index (κ3) is 5.01. The van der Waals surface area contributed by atoms with E-state index in [1.807, 2.05) is 37.3 Å². The molecule has 24 heavy (non-hydrogen) atoms. The van der Waals surface area contributed by atoms with Crippen molar-refractivity contribution in [2.45, 2.75) is 17.1 Å². The first kappa shape index (κ1) is 18.4. The summed E-state index contributed by atoms with van der Waals surface area (Å²) in [6.07, 6.45) is 1.14. The van der Waals surface area contributed by atoms with E-state index in [4.69, 9.17) is 0 Å². The average Bonchev–Trinajstić information content (AvgIpc) is 2.54. The van der Waals surface area contributed by atoms with E-state index in [1.54, 1.807) is 24.3 Å². The Balaban J connectivity index is 2.06. The summed E-state index contributed by atoms with van der Waals surface area (Å²) in [6.45, 7) is 1.83. The topological polar surface area (TPSA) is 66.5 Å². The lowest BCUT2D eigenvalue weighted by atomic mass is 10.2. The summed E-state index contributed by atoms with van der Waals surface area (Å²) in [5.41, 5.74) is 1.06. The van der Waals surface area contributed by atoms with Crippen molar-refractivity contribution in [3.8, 4) is 0 Å².